The summed E-state index contributed by atoms with van der Waals surface area (Å²) in [7, 11) is 0. The van der Waals surface area contributed by atoms with E-state index in [4.69, 9.17) is 0 Å². The minimum absolute atomic E-state index is 0.162. The Labute approximate surface area is 183 Å². The fourth-order valence-electron chi connectivity index (χ4n) is 3.06. The summed E-state index contributed by atoms with van der Waals surface area (Å²) in [4.78, 5) is 20.6. The SMILES string of the molecule is O=C(c1ccccc1)c1ccc2nc(N=C(F)OC(F)F)c(-c3ccc(Br)cc3)n2c1. The molecule has 0 atom stereocenters. The highest BCUT2D eigenvalue weighted by molar-refractivity contribution is 9.10. The number of aliphatic imine (C=N–C) groups is 1. The fourth-order valence-corrected chi connectivity index (χ4v) is 3.32. The van der Waals surface area contributed by atoms with Crippen molar-refractivity contribution in [1.82, 2.24) is 9.38 Å². The lowest BCUT2D eigenvalue weighted by Crippen LogP contribution is -2.04. The standard InChI is InChI=1S/C22H13BrF3N3O2/c23-16-9-6-13(7-10-16)18-20(28-22(26)31-21(24)25)27-17-11-8-15(12-29(17)18)19(30)14-4-2-1-3-5-14/h1-12,21H. The second kappa shape index (κ2) is 8.73. The van der Waals surface area contributed by atoms with Gasteiger partial charge in [0.15, 0.2) is 11.6 Å². The Bertz CT molecular complexity index is 1270. The number of imidazole rings is 1. The second-order valence-electron chi connectivity index (χ2n) is 6.38. The van der Waals surface area contributed by atoms with E-state index < -0.39 is 12.8 Å². The number of nitrogens with zero attached hydrogens (tertiary/aromatic N) is 3. The highest BCUT2D eigenvalue weighted by Crippen LogP contribution is 2.33. The van der Waals surface area contributed by atoms with Crippen LogP contribution in [0.4, 0.5) is 19.0 Å². The van der Waals surface area contributed by atoms with Gasteiger partial charge in [0.1, 0.15) is 5.65 Å². The summed E-state index contributed by atoms with van der Waals surface area (Å²) < 4.78 is 44.6. The van der Waals surface area contributed by atoms with Crippen molar-refractivity contribution in [2.75, 3.05) is 0 Å². The van der Waals surface area contributed by atoms with Crippen LogP contribution in [0.3, 0.4) is 0 Å². The molecule has 4 rings (SSSR count). The van der Waals surface area contributed by atoms with Crippen molar-refractivity contribution in [3.63, 3.8) is 0 Å². The van der Waals surface area contributed by atoms with E-state index in [0.717, 1.165) is 4.47 Å². The van der Waals surface area contributed by atoms with Crippen molar-refractivity contribution in [2.45, 2.75) is 6.61 Å². The Morgan fingerprint density at radius 2 is 1.71 bits per heavy atom. The van der Waals surface area contributed by atoms with E-state index in [1.165, 1.54) is 0 Å². The van der Waals surface area contributed by atoms with Gasteiger partial charge in [-0.2, -0.15) is 13.8 Å². The van der Waals surface area contributed by atoms with Crippen molar-refractivity contribution in [3.05, 3.63) is 88.5 Å². The fraction of sp³-hybridized carbons (Fsp3) is 0.0455. The summed E-state index contributed by atoms with van der Waals surface area (Å²) in [5.74, 6) is -0.375. The monoisotopic (exact) mass is 487 g/mol. The molecular weight excluding hydrogens is 475 g/mol. The molecule has 0 radical (unpaired) electrons. The molecule has 0 spiro atoms. The molecule has 2 aromatic carbocycles. The number of ether oxygens (including phenoxy) is 1. The number of carbonyl (C=O) groups excluding carboxylic acids is 1. The van der Waals surface area contributed by atoms with Gasteiger partial charge in [-0.25, -0.2) is 4.98 Å². The third-order valence-electron chi connectivity index (χ3n) is 4.40. The normalized spacial score (nSPS) is 11.8. The molecule has 4 aromatic rings. The zero-order valence-corrected chi connectivity index (χ0v) is 17.3. The molecule has 0 N–H and O–H groups in total. The number of pyridine rings is 1. The maximum absolute atomic E-state index is 13.8. The Balaban J connectivity index is 1.88. The Kier molecular flexibility index (Phi) is 5.85. The van der Waals surface area contributed by atoms with E-state index in [0.29, 0.717) is 28.0 Å². The molecule has 156 valence electrons. The molecule has 0 amide bonds. The number of rotatable bonds is 5. The van der Waals surface area contributed by atoms with Crippen LogP contribution in [0.5, 0.6) is 0 Å². The summed E-state index contributed by atoms with van der Waals surface area (Å²) in [6, 6.07) is 18.8. The number of ketones is 1. The second-order valence-corrected chi connectivity index (χ2v) is 7.29. The predicted molar refractivity (Wildman–Crippen MR) is 113 cm³/mol. The number of alkyl halides is 2. The molecule has 0 fully saturated rings. The van der Waals surface area contributed by atoms with Crippen LogP contribution in [0.2, 0.25) is 0 Å². The Hall–Kier alpha value is -3.46. The van der Waals surface area contributed by atoms with Crippen LogP contribution in [-0.4, -0.2) is 27.9 Å². The summed E-state index contributed by atoms with van der Waals surface area (Å²) >= 11 is 3.34. The van der Waals surface area contributed by atoms with Crippen molar-refractivity contribution in [1.29, 1.82) is 0 Å². The van der Waals surface area contributed by atoms with Crippen LogP contribution >= 0.6 is 15.9 Å². The molecule has 9 heteroatoms. The molecule has 0 aliphatic heterocycles. The van der Waals surface area contributed by atoms with Crippen LogP contribution in [0.15, 0.2) is 82.4 Å². The zero-order valence-electron chi connectivity index (χ0n) is 15.7. The molecule has 0 saturated heterocycles. The Morgan fingerprint density at radius 1 is 1.00 bits per heavy atom. The largest absolute Gasteiger partial charge is 0.393 e. The van der Waals surface area contributed by atoms with E-state index in [-0.39, 0.29) is 11.6 Å². The van der Waals surface area contributed by atoms with Gasteiger partial charge in [-0.3, -0.25) is 9.20 Å². The molecule has 2 heterocycles. The number of aromatic nitrogens is 2. The lowest BCUT2D eigenvalue weighted by Gasteiger charge is -2.06. The number of benzene rings is 2. The van der Waals surface area contributed by atoms with Crippen molar-refractivity contribution < 1.29 is 22.7 Å². The summed E-state index contributed by atoms with van der Waals surface area (Å²) in [5, 5.41) is 0. The number of halogens is 4. The highest BCUT2D eigenvalue weighted by atomic mass is 79.9. The zero-order chi connectivity index (χ0) is 22.0. The number of fused-ring (bicyclic) bond motifs is 1. The first-order valence-electron chi connectivity index (χ1n) is 8.99. The van der Waals surface area contributed by atoms with Crippen molar-refractivity contribution >= 4 is 39.3 Å². The van der Waals surface area contributed by atoms with E-state index in [1.54, 1.807) is 71.3 Å². The van der Waals surface area contributed by atoms with Gasteiger partial charge in [0.05, 0.1) is 5.69 Å². The van der Waals surface area contributed by atoms with Gasteiger partial charge in [0.25, 0.3) is 0 Å². The molecule has 2 aromatic heterocycles. The number of hydrogen-bond acceptors (Lipinski definition) is 4. The van der Waals surface area contributed by atoms with Gasteiger partial charge in [0, 0.05) is 27.4 Å². The molecule has 0 unspecified atom stereocenters. The first-order chi connectivity index (χ1) is 14.9. The molecule has 0 saturated carbocycles. The van der Waals surface area contributed by atoms with Crippen LogP contribution in [0, 0.1) is 0 Å². The van der Waals surface area contributed by atoms with E-state index in [1.807, 2.05) is 6.07 Å². The molecular formula is C22H13BrF3N3O2. The predicted octanol–water partition coefficient (Wildman–Crippen LogP) is 6.19. The van der Waals surface area contributed by atoms with Crippen LogP contribution in [-0.2, 0) is 4.74 Å². The lowest BCUT2D eigenvalue weighted by atomic mass is 10.1. The maximum atomic E-state index is 13.8. The van der Waals surface area contributed by atoms with Gasteiger partial charge >= 0.3 is 12.8 Å². The third kappa shape index (κ3) is 4.51. The topological polar surface area (TPSA) is 56.0 Å². The lowest BCUT2D eigenvalue weighted by molar-refractivity contribution is -0.0688. The number of hydrogen-bond donors (Lipinski definition) is 0. The average Bonchev–Trinajstić information content (AvgIpc) is 3.10. The minimum atomic E-state index is -3.35. The van der Waals surface area contributed by atoms with Gasteiger partial charge in [0.2, 0.25) is 0 Å². The van der Waals surface area contributed by atoms with Gasteiger partial charge < -0.3 is 4.74 Å². The van der Waals surface area contributed by atoms with Crippen LogP contribution < -0.4 is 0 Å². The van der Waals surface area contributed by atoms with Gasteiger partial charge in [-0.1, -0.05) is 58.4 Å². The molecule has 0 bridgehead atoms. The van der Waals surface area contributed by atoms with Crippen molar-refractivity contribution in [2.24, 2.45) is 4.99 Å². The number of carbonyl (C=O) groups is 1. The van der Waals surface area contributed by atoms with Crippen molar-refractivity contribution in [3.8, 4) is 11.3 Å². The molecule has 0 aliphatic rings. The summed E-state index contributed by atoms with van der Waals surface area (Å²) in [5.41, 5.74) is 2.13. The first-order valence-corrected chi connectivity index (χ1v) is 9.78. The van der Waals surface area contributed by atoms with E-state index in [2.05, 4.69) is 30.6 Å². The average molecular weight is 488 g/mol. The van der Waals surface area contributed by atoms with E-state index in [9.17, 15) is 18.0 Å². The first kappa shape index (κ1) is 20.8. The van der Waals surface area contributed by atoms with Crippen LogP contribution in [0.25, 0.3) is 16.9 Å². The van der Waals surface area contributed by atoms with Crippen LogP contribution in [0.1, 0.15) is 15.9 Å². The molecule has 5 nitrogen and oxygen atoms in total. The highest BCUT2D eigenvalue weighted by Gasteiger charge is 2.19. The maximum Gasteiger partial charge on any atom is 0.390 e. The van der Waals surface area contributed by atoms with Gasteiger partial charge in [-0.05, 0) is 24.3 Å². The third-order valence-corrected chi connectivity index (χ3v) is 4.92. The van der Waals surface area contributed by atoms with E-state index >= 15 is 0 Å². The minimum Gasteiger partial charge on any atom is -0.393 e. The molecule has 31 heavy (non-hydrogen) atoms. The smallest absolute Gasteiger partial charge is 0.390 e. The molecule has 0 aliphatic carbocycles. The van der Waals surface area contributed by atoms with Gasteiger partial charge in [-0.15, -0.1) is 4.39 Å². The summed E-state index contributed by atoms with van der Waals surface area (Å²) in [6.45, 7) is -3.35. The quantitative estimate of drug-likeness (QED) is 0.191. The Morgan fingerprint density at radius 3 is 2.39 bits per heavy atom. The summed E-state index contributed by atoms with van der Waals surface area (Å²) in [6.07, 6.45) is -0.155.